The molecule has 1 saturated heterocycles. The summed E-state index contributed by atoms with van der Waals surface area (Å²) in [6.45, 7) is 4.75. The first-order chi connectivity index (χ1) is 7.46. The summed E-state index contributed by atoms with van der Waals surface area (Å²) in [6, 6.07) is 0. The minimum atomic E-state index is -0.625. The monoisotopic (exact) mass is 230 g/mol. The van der Waals surface area contributed by atoms with Crippen molar-refractivity contribution in [2.45, 2.75) is 37.8 Å². The maximum absolute atomic E-state index is 12.0. The van der Waals surface area contributed by atoms with E-state index in [1.54, 1.807) is 7.05 Å². The molecule has 0 aliphatic carbocycles. The third kappa shape index (κ3) is 2.93. The van der Waals surface area contributed by atoms with E-state index in [-0.39, 0.29) is 12.5 Å². The number of amides is 1. The van der Waals surface area contributed by atoms with Crippen LogP contribution in [0.3, 0.4) is 0 Å². The van der Waals surface area contributed by atoms with E-state index in [0.717, 1.165) is 0 Å². The van der Waals surface area contributed by atoms with E-state index in [2.05, 4.69) is 10.6 Å². The van der Waals surface area contributed by atoms with Crippen LogP contribution in [0.5, 0.6) is 0 Å². The molecule has 1 amide bonds. The number of rotatable bonds is 4. The lowest BCUT2D eigenvalue weighted by atomic mass is 9.89. The van der Waals surface area contributed by atoms with E-state index in [0.29, 0.717) is 26.1 Å². The van der Waals surface area contributed by atoms with Crippen LogP contribution in [-0.4, -0.2) is 49.0 Å². The molecule has 0 spiro atoms. The van der Waals surface area contributed by atoms with Crippen molar-refractivity contribution in [2.75, 3.05) is 26.9 Å². The zero-order chi connectivity index (χ0) is 12.2. The van der Waals surface area contributed by atoms with Crippen LogP contribution >= 0.6 is 0 Å². The summed E-state index contributed by atoms with van der Waals surface area (Å²) in [6.07, 6.45) is 1.32. The number of hydrogen-bond acceptors (Lipinski definition) is 4. The summed E-state index contributed by atoms with van der Waals surface area (Å²) >= 11 is 0. The van der Waals surface area contributed by atoms with Gasteiger partial charge in [0.05, 0.1) is 17.7 Å². The Morgan fingerprint density at radius 3 is 2.44 bits per heavy atom. The Morgan fingerprint density at radius 1 is 1.44 bits per heavy atom. The van der Waals surface area contributed by atoms with Gasteiger partial charge in [0.15, 0.2) is 0 Å². The molecule has 0 saturated carbocycles. The summed E-state index contributed by atoms with van der Waals surface area (Å²) in [5, 5.41) is 15.3. The Kier molecular flexibility index (Phi) is 4.29. The van der Waals surface area contributed by atoms with Crippen LogP contribution in [0.1, 0.15) is 26.7 Å². The number of likely N-dealkylation sites (N-methyl/N-ethyl adjacent to an activating group) is 1. The minimum Gasteiger partial charge on any atom is -0.394 e. The number of hydrogen-bond donors (Lipinski definition) is 3. The predicted octanol–water partition coefficient (Wildman–Crippen LogP) is -0.358. The van der Waals surface area contributed by atoms with E-state index < -0.39 is 11.1 Å². The highest BCUT2D eigenvalue weighted by Gasteiger charge is 2.37. The van der Waals surface area contributed by atoms with E-state index in [4.69, 9.17) is 4.74 Å². The Balaban J connectivity index is 2.66. The largest absolute Gasteiger partial charge is 0.394 e. The number of aliphatic hydroxyl groups is 1. The first kappa shape index (κ1) is 13.4. The molecule has 16 heavy (non-hydrogen) atoms. The zero-order valence-corrected chi connectivity index (χ0v) is 10.3. The fraction of sp³-hybridized carbons (Fsp3) is 0.909. The molecule has 1 fully saturated rings. The average Bonchev–Trinajstić information content (AvgIpc) is 2.30. The number of carbonyl (C=O) groups excluding carboxylic acids is 1. The van der Waals surface area contributed by atoms with Crippen LogP contribution in [0, 0.1) is 0 Å². The lowest BCUT2D eigenvalue weighted by Crippen LogP contribution is -2.61. The van der Waals surface area contributed by atoms with Gasteiger partial charge in [0, 0.05) is 13.2 Å². The molecular formula is C11H22N2O3. The van der Waals surface area contributed by atoms with Gasteiger partial charge in [-0.2, -0.15) is 0 Å². The molecule has 1 aliphatic rings. The van der Waals surface area contributed by atoms with Gasteiger partial charge in [-0.25, -0.2) is 0 Å². The SMILES string of the molecule is CNC(C)(C)C(=O)NC1(CO)CCOCC1. The molecule has 0 aromatic heterocycles. The first-order valence-electron chi connectivity index (χ1n) is 5.66. The molecule has 0 bridgehead atoms. The van der Waals surface area contributed by atoms with Gasteiger partial charge in [-0.1, -0.05) is 0 Å². The molecule has 1 rings (SSSR count). The van der Waals surface area contributed by atoms with E-state index >= 15 is 0 Å². The third-order valence-electron chi connectivity index (χ3n) is 3.32. The maximum Gasteiger partial charge on any atom is 0.240 e. The van der Waals surface area contributed by atoms with Gasteiger partial charge in [0.2, 0.25) is 5.91 Å². The molecule has 0 unspecified atom stereocenters. The Labute approximate surface area is 96.6 Å². The third-order valence-corrected chi connectivity index (χ3v) is 3.32. The second-order valence-electron chi connectivity index (χ2n) is 4.88. The van der Waals surface area contributed by atoms with Crippen LogP contribution in [0.4, 0.5) is 0 Å². The van der Waals surface area contributed by atoms with E-state index in [1.807, 2.05) is 13.8 Å². The molecule has 1 aliphatic heterocycles. The molecule has 1 heterocycles. The molecular weight excluding hydrogens is 208 g/mol. The second kappa shape index (κ2) is 5.12. The standard InChI is InChI=1S/C11H22N2O3/c1-10(2,12-3)9(15)13-11(8-14)4-6-16-7-5-11/h12,14H,4-8H2,1-3H3,(H,13,15). The molecule has 3 N–H and O–H groups in total. The molecule has 0 aromatic carbocycles. The maximum atomic E-state index is 12.0. The smallest absolute Gasteiger partial charge is 0.240 e. The van der Waals surface area contributed by atoms with Gasteiger partial charge in [0.1, 0.15) is 0 Å². The van der Waals surface area contributed by atoms with Crippen molar-refractivity contribution in [3.63, 3.8) is 0 Å². The van der Waals surface area contributed by atoms with Gasteiger partial charge in [0.25, 0.3) is 0 Å². The van der Waals surface area contributed by atoms with Crippen molar-refractivity contribution < 1.29 is 14.6 Å². The fourth-order valence-electron chi connectivity index (χ4n) is 1.60. The highest BCUT2D eigenvalue weighted by Crippen LogP contribution is 2.21. The first-order valence-corrected chi connectivity index (χ1v) is 5.66. The van der Waals surface area contributed by atoms with Crippen LogP contribution in [-0.2, 0) is 9.53 Å². The molecule has 5 heteroatoms. The summed E-state index contributed by atoms with van der Waals surface area (Å²) in [4.78, 5) is 12.0. The van der Waals surface area contributed by atoms with Gasteiger partial charge >= 0.3 is 0 Å². The highest BCUT2D eigenvalue weighted by molar-refractivity contribution is 5.86. The minimum absolute atomic E-state index is 0.0398. The Morgan fingerprint density at radius 2 is 2.00 bits per heavy atom. The predicted molar refractivity (Wildman–Crippen MR) is 61.2 cm³/mol. The quantitative estimate of drug-likeness (QED) is 0.617. The normalized spacial score (nSPS) is 20.5. The molecule has 94 valence electrons. The summed E-state index contributed by atoms with van der Waals surface area (Å²) < 4.78 is 5.24. The molecule has 0 aromatic rings. The lowest BCUT2D eigenvalue weighted by molar-refractivity contribution is -0.130. The van der Waals surface area contributed by atoms with Crippen LogP contribution in [0.2, 0.25) is 0 Å². The van der Waals surface area contributed by atoms with Crippen molar-refractivity contribution in [3.05, 3.63) is 0 Å². The van der Waals surface area contributed by atoms with E-state index in [9.17, 15) is 9.90 Å². The highest BCUT2D eigenvalue weighted by atomic mass is 16.5. The lowest BCUT2D eigenvalue weighted by Gasteiger charge is -2.38. The number of ether oxygens (including phenoxy) is 1. The van der Waals surface area contributed by atoms with Gasteiger partial charge in [-0.3, -0.25) is 4.79 Å². The zero-order valence-electron chi connectivity index (χ0n) is 10.3. The van der Waals surface area contributed by atoms with Crippen LogP contribution in [0.15, 0.2) is 0 Å². The number of aliphatic hydroxyl groups excluding tert-OH is 1. The van der Waals surface area contributed by atoms with Crippen molar-refractivity contribution >= 4 is 5.91 Å². The molecule has 0 atom stereocenters. The van der Waals surface area contributed by atoms with Crippen molar-refractivity contribution in [3.8, 4) is 0 Å². The Bertz CT molecular complexity index is 248. The Hall–Kier alpha value is -0.650. The van der Waals surface area contributed by atoms with Crippen LogP contribution in [0.25, 0.3) is 0 Å². The molecule has 5 nitrogen and oxygen atoms in total. The van der Waals surface area contributed by atoms with Crippen molar-refractivity contribution in [1.29, 1.82) is 0 Å². The van der Waals surface area contributed by atoms with Gasteiger partial charge in [-0.15, -0.1) is 0 Å². The average molecular weight is 230 g/mol. The summed E-state index contributed by atoms with van der Waals surface area (Å²) in [7, 11) is 1.75. The molecule has 0 radical (unpaired) electrons. The fourth-order valence-corrected chi connectivity index (χ4v) is 1.60. The van der Waals surface area contributed by atoms with Crippen molar-refractivity contribution in [2.24, 2.45) is 0 Å². The summed E-state index contributed by atoms with van der Waals surface area (Å²) in [5.74, 6) is -0.0917. The second-order valence-corrected chi connectivity index (χ2v) is 4.88. The summed E-state index contributed by atoms with van der Waals surface area (Å²) in [5.41, 5.74) is -1.13. The van der Waals surface area contributed by atoms with Gasteiger partial charge in [-0.05, 0) is 33.7 Å². The number of nitrogens with one attached hydrogen (secondary N) is 2. The topological polar surface area (TPSA) is 70.6 Å². The van der Waals surface area contributed by atoms with Gasteiger partial charge < -0.3 is 20.5 Å². The van der Waals surface area contributed by atoms with Crippen LogP contribution < -0.4 is 10.6 Å². The van der Waals surface area contributed by atoms with Crippen molar-refractivity contribution in [1.82, 2.24) is 10.6 Å². The number of carbonyl (C=O) groups is 1. The van der Waals surface area contributed by atoms with E-state index in [1.165, 1.54) is 0 Å².